The van der Waals surface area contributed by atoms with Crippen molar-refractivity contribution in [2.75, 3.05) is 39.5 Å². The molecule has 0 radical (unpaired) electrons. The van der Waals surface area contributed by atoms with Gasteiger partial charge in [0, 0.05) is 44.0 Å². The van der Waals surface area contributed by atoms with E-state index in [0.29, 0.717) is 51.6 Å². The number of carbonyl (C=O) groups excluding carboxylic acids is 2. The molecule has 0 saturated carbocycles. The first kappa shape index (κ1) is 18.3. The summed E-state index contributed by atoms with van der Waals surface area (Å²) >= 11 is 0. The standard InChI is InChI=1S/C19H25N3O4/c1-3-26-15-4-5-16-14(12-15)13-17(21(16)2)19(24)20-7-6-18(23)22-8-10-25-11-9-22/h4-5,12-13H,3,6-11H2,1-2H3,(H,20,24). The minimum atomic E-state index is -0.184. The number of nitrogens with one attached hydrogen (secondary N) is 1. The molecule has 1 aliphatic heterocycles. The van der Waals surface area contributed by atoms with Crippen molar-refractivity contribution < 1.29 is 19.1 Å². The van der Waals surface area contributed by atoms with Gasteiger partial charge in [-0.05, 0) is 31.2 Å². The predicted octanol–water partition coefficient (Wildman–Crippen LogP) is 1.56. The first-order valence-electron chi connectivity index (χ1n) is 8.96. The third-order valence-electron chi connectivity index (χ3n) is 4.55. The molecule has 140 valence electrons. The molecule has 0 bridgehead atoms. The molecule has 1 saturated heterocycles. The first-order valence-corrected chi connectivity index (χ1v) is 8.96. The molecule has 2 aromatic rings. The van der Waals surface area contributed by atoms with E-state index in [4.69, 9.17) is 9.47 Å². The third kappa shape index (κ3) is 3.99. The summed E-state index contributed by atoms with van der Waals surface area (Å²) in [4.78, 5) is 26.4. The highest BCUT2D eigenvalue weighted by Gasteiger charge is 2.18. The number of hydrogen-bond donors (Lipinski definition) is 1. The van der Waals surface area contributed by atoms with Crippen LogP contribution in [0.2, 0.25) is 0 Å². The molecule has 1 N–H and O–H groups in total. The molecule has 1 aromatic heterocycles. The van der Waals surface area contributed by atoms with Crippen LogP contribution in [0.1, 0.15) is 23.8 Å². The predicted molar refractivity (Wildman–Crippen MR) is 98.4 cm³/mol. The van der Waals surface area contributed by atoms with Crippen LogP contribution in [0, 0.1) is 0 Å². The lowest BCUT2D eigenvalue weighted by Gasteiger charge is -2.26. The average molecular weight is 359 g/mol. The number of fused-ring (bicyclic) bond motifs is 1. The topological polar surface area (TPSA) is 72.8 Å². The Balaban J connectivity index is 1.60. The minimum absolute atomic E-state index is 0.0481. The second-order valence-electron chi connectivity index (χ2n) is 6.24. The zero-order chi connectivity index (χ0) is 18.5. The number of nitrogens with zero attached hydrogens (tertiary/aromatic N) is 2. The van der Waals surface area contributed by atoms with Gasteiger partial charge >= 0.3 is 0 Å². The van der Waals surface area contributed by atoms with Gasteiger partial charge in [-0.2, -0.15) is 0 Å². The highest BCUT2D eigenvalue weighted by molar-refractivity contribution is 5.99. The highest BCUT2D eigenvalue weighted by atomic mass is 16.5. The number of aromatic nitrogens is 1. The van der Waals surface area contributed by atoms with E-state index in [2.05, 4.69) is 5.32 Å². The van der Waals surface area contributed by atoms with Gasteiger partial charge in [0.25, 0.3) is 5.91 Å². The Hall–Kier alpha value is -2.54. The van der Waals surface area contributed by atoms with Gasteiger partial charge < -0.3 is 24.3 Å². The maximum absolute atomic E-state index is 12.5. The van der Waals surface area contributed by atoms with Crippen LogP contribution < -0.4 is 10.1 Å². The van der Waals surface area contributed by atoms with E-state index < -0.39 is 0 Å². The van der Waals surface area contributed by atoms with Gasteiger partial charge in [-0.15, -0.1) is 0 Å². The highest BCUT2D eigenvalue weighted by Crippen LogP contribution is 2.24. The summed E-state index contributed by atoms with van der Waals surface area (Å²) in [5, 5.41) is 3.79. The largest absolute Gasteiger partial charge is 0.494 e. The molecule has 0 unspecified atom stereocenters. The lowest BCUT2D eigenvalue weighted by atomic mass is 10.2. The molecule has 7 nitrogen and oxygen atoms in total. The molecule has 2 amide bonds. The van der Waals surface area contributed by atoms with Crippen molar-refractivity contribution in [3.05, 3.63) is 30.0 Å². The Morgan fingerprint density at radius 1 is 1.23 bits per heavy atom. The van der Waals surface area contributed by atoms with Crippen molar-refractivity contribution >= 4 is 22.7 Å². The Morgan fingerprint density at radius 2 is 2.00 bits per heavy atom. The van der Waals surface area contributed by atoms with Gasteiger partial charge in [-0.3, -0.25) is 9.59 Å². The third-order valence-corrected chi connectivity index (χ3v) is 4.55. The maximum Gasteiger partial charge on any atom is 0.267 e. The number of rotatable bonds is 6. The summed E-state index contributed by atoms with van der Waals surface area (Å²) in [6, 6.07) is 7.61. The SMILES string of the molecule is CCOc1ccc2c(c1)cc(C(=O)NCCC(=O)N1CCOCC1)n2C. The number of aryl methyl sites for hydroxylation is 1. The van der Waals surface area contributed by atoms with Crippen molar-refractivity contribution in [1.29, 1.82) is 0 Å². The van der Waals surface area contributed by atoms with Gasteiger partial charge in [-0.1, -0.05) is 0 Å². The second kappa shape index (κ2) is 8.23. The van der Waals surface area contributed by atoms with Gasteiger partial charge in [0.1, 0.15) is 11.4 Å². The molecule has 0 atom stereocenters. The molecule has 0 spiro atoms. The van der Waals surface area contributed by atoms with E-state index in [1.165, 1.54) is 0 Å². The van der Waals surface area contributed by atoms with Crippen LogP contribution >= 0.6 is 0 Å². The van der Waals surface area contributed by atoms with Gasteiger partial charge in [0.2, 0.25) is 5.91 Å². The molecular formula is C19H25N3O4. The van der Waals surface area contributed by atoms with Crippen molar-refractivity contribution in [2.24, 2.45) is 7.05 Å². The van der Waals surface area contributed by atoms with E-state index in [1.54, 1.807) is 4.90 Å². The monoisotopic (exact) mass is 359 g/mol. The summed E-state index contributed by atoms with van der Waals surface area (Å²) in [6.45, 7) is 5.27. The fourth-order valence-corrected chi connectivity index (χ4v) is 3.15. The zero-order valence-corrected chi connectivity index (χ0v) is 15.3. The molecule has 1 aromatic carbocycles. The normalized spacial score (nSPS) is 14.5. The summed E-state index contributed by atoms with van der Waals surface area (Å²) in [6.07, 6.45) is 0.296. The Bertz CT molecular complexity index is 793. The van der Waals surface area contributed by atoms with Crippen LogP contribution in [0.25, 0.3) is 10.9 Å². The lowest BCUT2D eigenvalue weighted by Crippen LogP contribution is -2.42. The average Bonchev–Trinajstić information content (AvgIpc) is 2.99. The van der Waals surface area contributed by atoms with E-state index in [9.17, 15) is 9.59 Å². The summed E-state index contributed by atoms with van der Waals surface area (Å²) in [7, 11) is 1.86. The van der Waals surface area contributed by atoms with Crippen LogP contribution in [-0.2, 0) is 16.6 Å². The Kier molecular flexibility index (Phi) is 5.78. The maximum atomic E-state index is 12.5. The van der Waals surface area contributed by atoms with Crippen molar-refractivity contribution in [1.82, 2.24) is 14.8 Å². The van der Waals surface area contributed by atoms with Crippen LogP contribution in [0.5, 0.6) is 5.75 Å². The number of benzene rings is 1. The molecule has 7 heteroatoms. The van der Waals surface area contributed by atoms with Crippen LogP contribution in [-0.4, -0.2) is 60.7 Å². The molecule has 1 fully saturated rings. The van der Waals surface area contributed by atoms with E-state index in [1.807, 2.05) is 42.8 Å². The quantitative estimate of drug-likeness (QED) is 0.849. The number of carbonyl (C=O) groups is 2. The summed E-state index contributed by atoms with van der Waals surface area (Å²) in [5.74, 6) is 0.650. The number of ether oxygens (including phenoxy) is 2. The van der Waals surface area contributed by atoms with Crippen molar-refractivity contribution in [3.63, 3.8) is 0 Å². The van der Waals surface area contributed by atoms with Crippen molar-refractivity contribution in [3.8, 4) is 5.75 Å². The van der Waals surface area contributed by atoms with E-state index in [0.717, 1.165) is 16.7 Å². The first-order chi connectivity index (χ1) is 12.6. The van der Waals surface area contributed by atoms with Crippen LogP contribution in [0.3, 0.4) is 0 Å². The molecule has 26 heavy (non-hydrogen) atoms. The minimum Gasteiger partial charge on any atom is -0.494 e. The fourth-order valence-electron chi connectivity index (χ4n) is 3.15. The van der Waals surface area contributed by atoms with Crippen molar-refractivity contribution in [2.45, 2.75) is 13.3 Å². The number of hydrogen-bond acceptors (Lipinski definition) is 4. The smallest absolute Gasteiger partial charge is 0.267 e. The van der Waals surface area contributed by atoms with E-state index >= 15 is 0 Å². The van der Waals surface area contributed by atoms with Gasteiger partial charge in [0.15, 0.2) is 0 Å². The molecule has 2 heterocycles. The Morgan fingerprint density at radius 3 is 2.73 bits per heavy atom. The molecule has 1 aliphatic rings. The van der Waals surface area contributed by atoms with Crippen LogP contribution in [0.4, 0.5) is 0 Å². The van der Waals surface area contributed by atoms with Gasteiger partial charge in [0.05, 0.1) is 19.8 Å². The lowest BCUT2D eigenvalue weighted by molar-refractivity contribution is -0.135. The summed E-state index contributed by atoms with van der Waals surface area (Å²) < 4.78 is 12.6. The molecule has 0 aliphatic carbocycles. The summed E-state index contributed by atoms with van der Waals surface area (Å²) in [5.41, 5.74) is 1.52. The Labute approximate surface area is 152 Å². The number of amides is 2. The fraction of sp³-hybridized carbons (Fsp3) is 0.474. The van der Waals surface area contributed by atoms with E-state index in [-0.39, 0.29) is 11.8 Å². The number of morpholine rings is 1. The van der Waals surface area contributed by atoms with Crippen LogP contribution in [0.15, 0.2) is 24.3 Å². The van der Waals surface area contributed by atoms with Gasteiger partial charge in [-0.25, -0.2) is 0 Å². The molecule has 3 rings (SSSR count). The second-order valence-corrected chi connectivity index (χ2v) is 6.24. The molecular weight excluding hydrogens is 334 g/mol. The zero-order valence-electron chi connectivity index (χ0n) is 15.3.